The molecular formula is C10H18N2O2S2. The molecule has 0 aliphatic carbocycles. The lowest BCUT2D eigenvalue weighted by Gasteiger charge is -2.24. The van der Waals surface area contributed by atoms with Gasteiger partial charge in [0.15, 0.2) is 0 Å². The summed E-state index contributed by atoms with van der Waals surface area (Å²) in [6, 6.07) is -0.420. The van der Waals surface area contributed by atoms with Crippen LogP contribution in [0.5, 0.6) is 0 Å². The summed E-state index contributed by atoms with van der Waals surface area (Å²) in [5, 5.41) is 0. The molecule has 16 heavy (non-hydrogen) atoms. The van der Waals surface area contributed by atoms with Gasteiger partial charge < -0.3 is 10.6 Å². The topological polar surface area (TPSA) is 63.4 Å². The van der Waals surface area contributed by atoms with Crippen molar-refractivity contribution in [1.29, 1.82) is 0 Å². The average Bonchev–Trinajstić information content (AvgIpc) is 2.58. The van der Waals surface area contributed by atoms with E-state index in [4.69, 9.17) is 5.73 Å². The largest absolute Gasteiger partial charge is 0.368 e. The number of hydrogen-bond donors (Lipinski definition) is 1. The minimum Gasteiger partial charge on any atom is -0.368 e. The first-order valence-electron chi connectivity index (χ1n) is 5.34. The van der Waals surface area contributed by atoms with Crippen LogP contribution in [0.2, 0.25) is 0 Å². The second kappa shape index (κ2) is 6.39. The van der Waals surface area contributed by atoms with Gasteiger partial charge in [-0.05, 0) is 18.6 Å². The van der Waals surface area contributed by atoms with E-state index in [0.29, 0.717) is 25.3 Å². The van der Waals surface area contributed by atoms with E-state index in [1.807, 2.05) is 13.2 Å². The Labute approximate surface area is 104 Å². The van der Waals surface area contributed by atoms with E-state index in [-0.39, 0.29) is 5.91 Å². The molecule has 0 bridgehead atoms. The number of carbonyl (C=O) groups excluding carboxylic acids is 2. The van der Waals surface area contributed by atoms with E-state index in [0.717, 1.165) is 5.75 Å². The number of hydrogen-bond acceptors (Lipinski definition) is 4. The lowest BCUT2D eigenvalue weighted by molar-refractivity contribution is -0.136. The fraction of sp³-hybridized carbons (Fsp3) is 0.800. The number of nitrogens with zero attached hydrogens (tertiary/aromatic N) is 1. The van der Waals surface area contributed by atoms with Crippen LogP contribution in [0, 0.1) is 5.92 Å². The van der Waals surface area contributed by atoms with Crippen molar-refractivity contribution in [3.05, 3.63) is 0 Å². The number of rotatable bonds is 6. The van der Waals surface area contributed by atoms with Gasteiger partial charge in [-0.3, -0.25) is 9.59 Å². The van der Waals surface area contributed by atoms with Gasteiger partial charge in [-0.25, -0.2) is 0 Å². The number of nitrogens with two attached hydrogens (primary N) is 1. The third kappa shape index (κ3) is 3.31. The Hall–Kier alpha value is -0.360. The van der Waals surface area contributed by atoms with Crippen molar-refractivity contribution < 1.29 is 9.59 Å². The second-order valence-electron chi connectivity index (χ2n) is 3.89. The molecule has 0 saturated carbocycles. The van der Waals surface area contributed by atoms with Crippen LogP contribution in [0.1, 0.15) is 19.8 Å². The Morgan fingerprint density at radius 1 is 1.69 bits per heavy atom. The maximum absolute atomic E-state index is 11.8. The molecule has 2 amide bonds. The van der Waals surface area contributed by atoms with Gasteiger partial charge in [0, 0.05) is 18.7 Å². The molecule has 1 aliphatic rings. The molecule has 0 radical (unpaired) electrons. The highest BCUT2D eigenvalue weighted by Crippen LogP contribution is 2.28. The molecule has 0 aromatic heterocycles. The molecular weight excluding hydrogens is 244 g/mol. The van der Waals surface area contributed by atoms with Gasteiger partial charge in [-0.1, -0.05) is 28.5 Å². The predicted molar refractivity (Wildman–Crippen MR) is 69.1 cm³/mol. The van der Waals surface area contributed by atoms with Gasteiger partial charge in [-0.15, -0.1) is 0 Å². The molecule has 0 spiro atoms. The standard InChI is InChI=1S/C10H18N2O2S2/c1-3-8(10(11)14)12-5-7(4-9(12)13)6-16-15-2/h7-8H,3-6H2,1-2H3,(H2,11,14)/t7?,8-/m0/s1. The summed E-state index contributed by atoms with van der Waals surface area (Å²) < 4.78 is 0. The summed E-state index contributed by atoms with van der Waals surface area (Å²) in [5.41, 5.74) is 5.29. The van der Waals surface area contributed by atoms with Crippen LogP contribution >= 0.6 is 21.6 Å². The first-order chi connectivity index (χ1) is 7.60. The van der Waals surface area contributed by atoms with E-state index in [2.05, 4.69) is 0 Å². The average molecular weight is 262 g/mol. The monoisotopic (exact) mass is 262 g/mol. The van der Waals surface area contributed by atoms with Crippen LogP contribution in [0.4, 0.5) is 0 Å². The Balaban J connectivity index is 2.56. The zero-order valence-corrected chi connectivity index (χ0v) is 11.3. The summed E-state index contributed by atoms with van der Waals surface area (Å²) in [7, 11) is 3.47. The number of likely N-dealkylation sites (tertiary alicyclic amines) is 1. The highest BCUT2D eigenvalue weighted by Gasteiger charge is 2.35. The predicted octanol–water partition coefficient (Wildman–Crippen LogP) is 1.11. The molecule has 92 valence electrons. The Morgan fingerprint density at radius 2 is 2.38 bits per heavy atom. The quantitative estimate of drug-likeness (QED) is 0.728. The summed E-state index contributed by atoms with van der Waals surface area (Å²) in [4.78, 5) is 24.6. The molecule has 1 unspecified atom stereocenters. The van der Waals surface area contributed by atoms with E-state index < -0.39 is 11.9 Å². The van der Waals surface area contributed by atoms with Gasteiger partial charge in [0.2, 0.25) is 11.8 Å². The first-order valence-corrected chi connectivity index (χ1v) is 8.07. The second-order valence-corrected chi connectivity index (χ2v) is 6.50. The lowest BCUT2D eigenvalue weighted by atomic mass is 10.1. The Morgan fingerprint density at radius 3 is 2.88 bits per heavy atom. The molecule has 2 atom stereocenters. The molecule has 1 saturated heterocycles. The van der Waals surface area contributed by atoms with E-state index in [1.54, 1.807) is 26.5 Å². The number of amides is 2. The Bertz CT molecular complexity index is 274. The van der Waals surface area contributed by atoms with E-state index in [9.17, 15) is 9.59 Å². The molecule has 1 heterocycles. The lowest BCUT2D eigenvalue weighted by Crippen LogP contribution is -2.45. The number of carbonyl (C=O) groups is 2. The summed E-state index contributed by atoms with van der Waals surface area (Å²) in [5.74, 6) is 0.989. The van der Waals surface area contributed by atoms with Gasteiger partial charge in [0.1, 0.15) is 6.04 Å². The van der Waals surface area contributed by atoms with Gasteiger partial charge in [0.25, 0.3) is 0 Å². The molecule has 0 aromatic carbocycles. The smallest absolute Gasteiger partial charge is 0.240 e. The van der Waals surface area contributed by atoms with Gasteiger partial charge in [-0.2, -0.15) is 0 Å². The van der Waals surface area contributed by atoms with Crippen molar-refractivity contribution in [3.63, 3.8) is 0 Å². The molecule has 1 aliphatic heterocycles. The number of primary amides is 1. The van der Waals surface area contributed by atoms with Crippen molar-refractivity contribution >= 4 is 33.4 Å². The van der Waals surface area contributed by atoms with Crippen molar-refractivity contribution in [3.8, 4) is 0 Å². The van der Waals surface area contributed by atoms with Crippen molar-refractivity contribution in [2.45, 2.75) is 25.8 Å². The van der Waals surface area contributed by atoms with E-state index in [1.165, 1.54) is 0 Å². The highest BCUT2D eigenvalue weighted by atomic mass is 33.1. The van der Waals surface area contributed by atoms with Crippen molar-refractivity contribution in [2.24, 2.45) is 11.7 Å². The molecule has 1 fully saturated rings. The van der Waals surface area contributed by atoms with Crippen LogP contribution in [0.3, 0.4) is 0 Å². The normalized spacial score (nSPS) is 22.5. The zero-order valence-electron chi connectivity index (χ0n) is 9.64. The summed E-state index contributed by atoms with van der Waals surface area (Å²) in [6.45, 7) is 2.56. The van der Waals surface area contributed by atoms with Crippen molar-refractivity contribution in [2.75, 3.05) is 18.6 Å². The fourth-order valence-electron chi connectivity index (χ4n) is 1.96. The SMILES string of the molecule is CC[C@@H](C(N)=O)N1CC(CSSC)CC1=O. The third-order valence-corrected chi connectivity index (χ3v) is 4.71. The molecule has 0 aromatic rings. The fourth-order valence-corrected chi connectivity index (χ4v) is 3.50. The highest BCUT2D eigenvalue weighted by molar-refractivity contribution is 8.76. The van der Waals surface area contributed by atoms with Crippen LogP contribution in [0.15, 0.2) is 0 Å². The van der Waals surface area contributed by atoms with E-state index >= 15 is 0 Å². The van der Waals surface area contributed by atoms with Crippen LogP contribution < -0.4 is 5.73 Å². The Kier molecular flexibility index (Phi) is 5.48. The van der Waals surface area contributed by atoms with Crippen LogP contribution in [0.25, 0.3) is 0 Å². The summed E-state index contributed by atoms with van der Waals surface area (Å²) in [6.07, 6.45) is 3.18. The minimum atomic E-state index is -0.420. The van der Waals surface area contributed by atoms with Crippen LogP contribution in [-0.2, 0) is 9.59 Å². The van der Waals surface area contributed by atoms with Gasteiger partial charge >= 0.3 is 0 Å². The first kappa shape index (κ1) is 13.7. The zero-order chi connectivity index (χ0) is 12.1. The molecule has 2 N–H and O–H groups in total. The summed E-state index contributed by atoms with van der Waals surface area (Å²) >= 11 is 0. The van der Waals surface area contributed by atoms with Crippen LogP contribution in [-0.4, -0.2) is 41.3 Å². The molecule has 1 rings (SSSR count). The molecule has 4 nitrogen and oxygen atoms in total. The maximum atomic E-state index is 11.8. The maximum Gasteiger partial charge on any atom is 0.240 e. The van der Waals surface area contributed by atoms with Gasteiger partial charge in [0.05, 0.1) is 0 Å². The minimum absolute atomic E-state index is 0.0670. The van der Waals surface area contributed by atoms with Crippen molar-refractivity contribution in [1.82, 2.24) is 4.90 Å². The third-order valence-electron chi connectivity index (χ3n) is 2.75. The molecule has 6 heteroatoms.